The first kappa shape index (κ1) is 44.6. The molecule has 0 radical (unpaired) electrons. The minimum Gasteiger partial charge on any atom is -0.386 e. The van der Waals surface area contributed by atoms with Crippen molar-refractivity contribution in [3.63, 3.8) is 0 Å². The number of hydrogen-bond acceptors (Lipinski definition) is 8. The van der Waals surface area contributed by atoms with Crippen LogP contribution in [-0.4, -0.2) is 19.8 Å². The van der Waals surface area contributed by atoms with Crippen LogP contribution in [0.2, 0.25) is 0 Å². The quantitative estimate of drug-likeness (QED) is 0.0592. The molecule has 0 aromatic heterocycles. The van der Waals surface area contributed by atoms with Gasteiger partial charge in [0.05, 0.1) is 19.8 Å². The van der Waals surface area contributed by atoms with Crippen LogP contribution in [0.4, 0.5) is 0 Å². The van der Waals surface area contributed by atoms with Crippen LogP contribution in [0.25, 0.3) is 0 Å². The summed E-state index contributed by atoms with van der Waals surface area (Å²) in [7, 11) is -7.30. The highest BCUT2D eigenvalue weighted by Gasteiger charge is 2.33. The third-order valence-electron chi connectivity index (χ3n) is 7.96. The molecule has 0 amide bonds. The summed E-state index contributed by atoms with van der Waals surface area (Å²) in [6, 6.07) is 21.6. The van der Waals surface area contributed by atoms with E-state index in [2.05, 4.69) is 20.8 Å². The number of hydrogen-bond donors (Lipinski definition) is 0. The fourth-order valence-electron chi connectivity index (χ4n) is 4.79. The molecule has 286 valence electrons. The number of phosphoric acid groups is 2. The zero-order chi connectivity index (χ0) is 37.2. The Labute approximate surface area is 309 Å². The van der Waals surface area contributed by atoms with Crippen molar-refractivity contribution in [2.45, 2.75) is 131 Å². The van der Waals surface area contributed by atoms with Gasteiger partial charge in [0, 0.05) is 0 Å². The maximum absolute atomic E-state index is 13.3. The summed E-state index contributed by atoms with van der Waals surface area (Å²) < 4.78 is 59.5. The summed E-state index contributed by atoms with van der Waals surface area (Å²) in [5.74, 6) is 1.24. The van der Waals surface area contributed by atoms with Crippen LogP contribution in [0, 0.1) is 20.8 Å². The molecule has 51 heavy (non-hydrogen) atoms. The van der Waals surface area contributed by atoms with Gasteiger partial charge in [0.15, 0.2) is 0 Å². The van der Waals surface area contributed by atoms with Crippen molar-refractivity contribution in [2.75, 3.05) is 19.8 Å². The molecule has 0 aliphatic heterocycles. The normalized spacial score (nSPS) is 11.5. The summed E-state index contributed by atoms with van der Waals surface area (Å²) in [5, 5.41) is 0. The molecule has 8 nitrogen and oxygen atoms in total. The molecule has 0 bridgehead atoms. The molecule has 3 aromatic carbocycles. The van der Waals surface area contributed by atoms with E-state index in [0.29, 0.717) is 37.1 Å². The SMILES string of the molecule is CCCCCCCCOP(=O)(OCCCC)OCCCCCCCC.Cc1ccc(OP(=O)(Oc2ccc(C)cc2)Oc2ccc(C)cc2)cc1. The van der Waals surface area contributed by atoms with Gasteiger partial charge in [0.25, 0.3) is 0 Å². The van der Waals surface area contributed by atoms with Crippen LogP contribution in [-0.2, 0) is 22.7 Å². The summed E-state index contributed by atoms with van der Waals surface area (Å²) in [4.78, 5) is 0. The third-order valence-corrected chi connectivity index (χ3v) is 10.8. The zero-order valence-corrected chi connectivity index (χ0v) is 33.9. The summed E-state index contributed by atoms with van der Waals surface area (Å²) >= 11 is 0. The van der Waals surface area contributed by atoms with Gasteiger partial charge in [0.1, 0.15) is 17.2 Å². The van der Waals surface area contributed by atoms with Crippen LogP contribution in [0.1, 0.15) is 127 Å². The first-order valence-corrected chi connectivity index (χ1v) is 21.9. The molecule has 0 atom stereocenters. The lowest BCUT2D eigenvalue weighted by Gasteiger charge is -2.19. The topological polar surface area (TPSA) is 89.5 Å². The lowest BCUT2D eigenvalue weighted by molar-refractivity contribution is 0.109. The van der Waals surface area contributed by atoms with Gasteiger partial charge in [-0.05, 0) is 76.4 Å². The highest BCUT2D eigenvalue weighted by molar-refractivity contribution is 7.49. The van der Waals surface area contributed by atoms with Crippen molar-refractivity contribution in [3.8, 4) is 17.2 Å². The second-order valence-corrected chi connectivity index (χ2v) is 16.1. The van der Waals surface area contributed by atoms with Crippen molar-refractivity contribution < 1.29 is 36.3 Å². The molecule has 3 aromatic rings. The molecule has 3 rings (SSSR count). The van der Waals surface area contributed by atoms with Crippen LogP contribution < -0.4 is 13.6 Å². The Morgan fingerprint density at radius 1 is 0.373 bits per heavy atom. The van der Waals surface area contributed by atoms with E-state index < -0.39 is 15.6 Å². The second kappa shape index (κ2) is 26.2. The molecule has 0 saturated carbocycles. The Kier molecular flexibility index (Phi) is 22.9. The van der Waals surface area contributed by atoms with Crippen LogP contribution >= 0.6 is 15.6 Å². The average molecular weight is 747 g/mol. The van der Waals surface area contributed by atoms with Gasteiger partial charge in [0.2, 0.25) is 0 Å². The third kappa shape index (κ3) is 20.9. The highest BCUT2D eigenvalue weighted by atomic mass is 31.2. The van der Waals surface area contributed by atoms with Gasteiger partial charge in [-0.15, -0.1) is 0 Å². The lowest BCUT2D eigenvalue weighted by atomic mass is 10.1. The maximum atomic E-state index is 13.3. The fourth-order valence-corrected chi connectivity index (χ4v) is 7.32. The van der Waals surface area contributed by atoms with E-state index in [4.69, 9.17) is 27.1 Å². The van der Waals surface area contributed by atoms with Crippen LogP contribution in [0.5, 0.6) is 17.2 Å². The van der Waals surface area contributed by atoms with Gasteiger partial charge in [-0.3, -0.25) is 13.6 Å². The van der Waals surface area contributed by atoms with Crippen molar-refractivity contribution in [2.24, 2.45) is 0 Å². The van der Waals surface area contributed by atoms with Crippen LogP contribution in [0.3, 0.4) is 0 Å². The van der Waals surface area contributed by atoms with Crippen LogP contribution in [0.15, 0.2) is 72.8 Å². The average Bonchev–Trinajstić information content (AvgIpc) is 3.11. The number of unbranched alkanes of at least 4 members (excludes halogenated alkanes) is 11. The smallest absolute Gasteiger partial charge is 0.386 e. The van der Waals surface area contributed by atoms with Gasteiger partial charge in [-0.2, -0.15) is 4.57 Å². The summed E-state index contributed by atoms with van der Waals surface area (Å²) in [5.41, 5.74) is 3.23. The fraction of sp³-hybridized carbons (Fsp3) is 0.561. The minimum absolute atomic E-state index is 0.415. The molecule has 10 heteroatoms. The van der Waals surface area contributed by atoms with Crippen molar-refractivity contribution in [1.82, 2.24) is 0 Å². The Hall–Kier alpha value is -2.60. The van der Waals surface area contributed by atoms with Gasteiger partial charge in [-0.1, -0.05) is 144 Å². The maximum Gasteiger partial charge on any atom is 0.647 e. The molecule has 0 N–H and O–H groups in total. The Morgan fingerprint density at radius 3 is 0.961 bits per heavy atom. The number of phosphoric ester groups is 2. The highest BCUT2D eigenvalue weighted by Crippen LogP contribution is 2.51. The lowest BCUT2D eigenvalue weighted by Crippen LogP contribution is -2.07. The molecule has 0 unspecified atom stereocenters. The second-order valence-electron chi connectivity index (χ2n) is 13.0. The minimum atomic E-state index is -3.93. The predicted molar refractivity (Wildman–Crippen MR) is 210 cm³/mol. The van der Waals surface area contributed by atoms with E-state index in [9.17, 15) is 9.13 Å². The van der Waals surface area contributed by atoms with E-state index in [-0.39, 0.29) is 0 Å². The number of rotatable bonds is 26. The van der Waals surface area contributed by atoms with E-state index in [0.717, 1.165) is 55.2 Å². The summed E-state index contributed by atoms with van der Waals surface area (Å²) in [6.45, 7) is 13.8. The molecule has 0 fully saturated rings. The van der Waals surface area contributed by atoms with E-state index in [1.54, 1.807) is 36.4 Å². The monoisotopic (exact) mass is 746 g/mol. The largest absolute Gasteiger partial charge is 0.647 e. The van der Waals surface area contributed by atoms with Crippen molar-refractivity contribution >= 4 is 15.6 Å². The van der Waals surface area contributed by atoms with E-state index >= 15 is 0 Å². The predicted octanol–water partition coefficient (Wildman–Crippen LogP) is 13.9. The first-order valence-electron chi connectivity index (χ1n) is 19.0. The zero-order valence-electron chi connectivity index (χ0n) is 32.1. The molecular formula is C41H64O8P2. The molecule has 0 aliphatic rings. The Morgan fingerprint density at radius 2 is 0.647 bits per heavy atom. The van der Waals surface area contributed by atoms with Gasteiger partial charge < -0.3 is 13.6 Å². The molecular weight excluding hydrogens is 682 g/mol. The number of benzene rings is 3. The standard InChI is InChI=1S/C21H21O4P.C20H43O4P/c1-16-4-10-19(11-5-16)23-26(22,24-20-12-6-17(2)7-13-20)25-21-14-8-18(3)9-15-21;1-4-7-10-12-14-16-19-23-25(21,22-18-9-6-3)24-20-17-15-13-11-8-5-2/h4-15H,1-3H3;4-20H2,1-3H3. The van der Waals surface area contributed by atoms with Gasteiger partial charge in [-0.25, -0.2) is 4.57 Å². The van der Waals surface area contributed by atoms with Crippen molar-refractivity contribution in [1.29, 1.82) is 0 Å². The number of aryl methyl sites for hydroxylation is 3. The van der Waals surface area contributed by atoms with Gasteiger partial charge >= 0.3 is 15.6 Å². The first-order chi connectivity index (χ1) is 24.6. The Balaban J connectivity index is 0.000000354. The Bertz CT molecular complexity index is 1250. The molecule has 0 aliphatic carbocycles. The molecule has 0 spiro atoms. The summed E-state index contributed by atoms with van der Waals surface area (Å²) in [6.07, 6.45) is 16.0. The van der Waals surface area contributed by atoms with E-state index in [1.165, 1.54) is 51.4 Å². The molecule has 0 saturated heterocycles. The van der Waals surface area contributed by atoms with E-state index in [1.807, 2.05) is 57.2 Å². The molecule has 0 heterocycles. The van der Waals surface area contributed by atoms with Crippen molar-refractivity contribution in [3.05, 3.63) is 89.5 Å².